The van der Waals surface area contributed by atoms with Crippen molar-refractivity contribution in [2.24, 2.45) is 0 Å². The first kappa shape index (κ1) is 24.5. The maximum Gasteiger partial charge on any atom is 0.308 e. The summed E-state index contributed by atoms with van der Waals surface area (Å²) in [4.78, 5) is 36.4. The molecule has 4 bridgehead atoms. The third kappa shape index (κ3) is 3.19. The Morgan fingerprint density at radius 3 is 1.42 bits per heavy atom. The van der Waals surface area contributed by atoms with Gasteiger partial charge in [-0.2, -0.15) is 0 Å². The minimum atomic E-state index is -0.386. The number of nitro benzene ring substituents is 1. The molecule has 0 spiro atoms. The van der Waals surface area contributed by atoms with Crippen LogP contribution in [0.3, 0.4) is 0 Å². The van der Waals surface area contributed by atoms with Gasteiger partial charge < -0.3 is 9.47 Å². The Morgan fingerprint density at radius 1 is 0.628 bits per heavy atom. The highest BCUT2D eigenvalue weighted by molar-refractivity contribution is 5.91. The highest BCUT2D eigenvalue weighted by Gasteiger charge is 2.53. The number of hydrogen-bond acceptors (Lipinski definition) is 6. The fraction of sp³-hybridized carbons (Fsp3) is 0.222. The van der Waals surface area contributed by atoms with E-state index in [2.05, 4.69) is 36.4 Å². The number of carbonyl (C=O) groups is 2. The van der Waals surface area contributed by atoms with Gasteiger partial charge in [0.25, 0.3) is 5.69 Å². The lowest BCUT2D eigenvalue weighted by atomic mass is 9.76. The van der Waals surface area contributed by atoms with Crippen molar-refractivity contribution in [3.63, 3.8) is 0 Å². The molecule has 0 saturated heterocycles. The molecular formula is C36H25NO6. The first-order valence-electron chi connectivity index (χ1n) is 14.6. The van der Waals surface area contributed by atoms with E-state index < -0.39 is 0 Å². The lowest BCUT2D eigenvalue weighted by Gasteiger charge is -2.31. The van der Waals surface area contributed by atoms with Gasteiger partial charge in [0.05, 0.1) is 4.92 Å². The zero-order valence-electron chi connectivity index (χ0n) is 23.5. The van der Waals surface area contributed by atoms with Crippen molar-refractivity contribution in [3.05, 3.63) is 121 Å². The van der Waals surface area contributed by atoms with Crippen LogP contribution in [0.4, 0.5) is 5.69 Å². The van der Waals surface area contributed by atoms with Crippen LogP contribution in [0.5, 0.6) is 11.5 Å². The van der Waals surface area contributed by atoms with E-state index in [1.54, 1.807) is 12.1 Å². The minimum Gasteiger partial charge on any atom is -0.426 e. The summed E-state index contributed by atoms with van der Waals surface area (Å²) in [5.74, 6) is 0.402. The number of rotatable bonds is 3. The molecule has 0 fully saturated rings. The van der Waals surface area contributed by atoms with Gasteiger partial charge in [0, 0.05) is 71.9 Å². The molecule has 0 radical (unpaired) electrons. The molecule has 4 atom stereocenters. The van der Waals surface area contributed by atoms with Crippen molar-refractivity contribution in [2.45, 2.75) is 50.4 Å². The maximum absolute atomic E-state index is 12.7. The number of esters is 2. The molecule has 7 heteroatoms. The maximum atomic E-state index is 12.7. The molecule has 0 unspecified atom stereocenters. The molecule has 0 heterocycles. The van der Waals surface area contributed by atoms with Crippen LogP contribution in [0.1, 0.15) is 94.9 Å². The van der Waals surface area contributed by atoms with Crippen LogP contribution in [-0.4, -0.2) is 16.9 Å². The van der Waals surface area contributed by atoms with E-state index in [0.717, 1.165) is 57.0 Å². The van der Waals surface area contributed by atoms with Crippen LogP contribution < -0.4 is 9.47 Å². The van der Waals surface area contributed by atoms with Gasteiger partial charge in [-0.1, -0.05) is 42.5 Å². The Bertz CT molecular complexity index is 2160. The summed E-state index contributed by atoms with van der Waals surface area (Å²) in [7, 11) is 0. The van der Waals surface area contributed by atoms with Gasteiger partial charge in [0.15, 0.2) is 0 Å². The fourth-order valence-electron chi connectivity index (χ4n) is 8.66. The molecule has 0 N–H and O–H groups in total. The Labute approximate surface area is 246 Å². The van der Waals surface area contributed by atoms with Gasteiger partial charge in [-0.05, 0) is 68.8 Å². The fourth-order valence-corrected chi connectivity index (χ4v) is 8.66. The average molecular weight is 568 g/mol. The van der Waals surface area contributed by atoms with E-state index in [4.69, 9.17) is 9.47 Å². The lowest BCUT2D eigenvalue weighted by Crippen LogP contribution is -2.18. The zero-order chi connectivity index (χ0) is 29.3. The Morgan fingerprint density at radius 2 is 1.02 bits per heavy atom. The third-order valence-electron chi connectivity index (χ3n) is 10.1. The second kappa shape index (κ2) is 8.28. The number of carbonyl (C=O) groups excluding carboxylic acids is 2. The zero-order valence-corrected chi connectivity index (χ0v) is 23.5. The summed E-state index contributed by atoms with van der Waals surface area (Å²) in [5.41, 5.74) is 8.55. The van der Waals surface area contributed by atoms with Crippen LogP contribution >= 0.6 is 0 Å². The number of fused-ring (bicyclic) bond motifs is 18. The number of ether oxygens (including phenoxy) is 2. The summed E-state index contributed by atoms with van der Waals surface area (Å²) in [6.07, 6.45) is 1.60. The predicted molar refractivity (Wildman–Crippen MR) is 160 cm³/mol. The SMILES string of the molecule is CC(=O)Oc1c2c(c(OC(C)=O)c3c1[C@H]1C[C@@H]3c3cc4ccccc4cc31)[C@H]1C[C@@H]2c2cc3ccc([N+](=O)[O-])cc3cc21. The van der Waals surface area contributed by atoms with E-state index in [9.17, 15) is 19.7 Å². The van der Waals surface area contributed by atoms with Crippen LogP contribution in [0.15, 0.2) is 66.7 Å². The van der Waals surface area contributed by atoms with Crippen molar-refractivity contribution in [1.82, 2.24) is 0 Å². The first-order chi connectivity index (χ1) is 20.8. The number of benzene rings is 5. The molecule has 0 saturated carbocycles. The Hall–Kier alpha value is -5.04. The predicted octanol–water partition coefficient (Wildman–Crippen LogP) is 7.71. The summed E-state index contributed by atoms with van der Waals surface area (Å²) < 4.78 is 12.3. The van der Waals surface area contributed by atoms with Crippen LogP contribution in [-0.2, 0) is 9.59 Å². The molecule has 9 rings (SSSR count). The third-order valence-corrected chi connectivity index (χ3v) is 10.1. The molecule has 0 aromatic heterocycles. The highest BCUT2D eigenvalue weighted by Crippen LogP contribution is 2.69. The van der Waals surface area contributed by atoms with Crippen LogP contribution in [0, 0.1) is 10.1 Å². The summed E-state index contributed by atoms with van der Waals surface area (Å²) in [6.45, 7) is 2.87. The molecular weight excluding hydrogens is 542 g/mol. The number of nitrogens with zero attached hydrogens (tertiary/aromatic N) is 1. The van der Waals surface area contributed by atoms with Crippen LogP contribution in [0.25, 0.3) is 21.5 Å². The summed E-state index contributed by atoms with van der Waals surface area (Å²) >= 11 is 0. The Kier molecular flexibility index (Phi) is 4.73. The van der Waals surface area contributed by atoms with Crippen molar-refractivity contribution in [1.29, 1.82) is 0 Å². The molecule has 0 aliphatic heterocycles. The molecule has 210 valence electrons. The van der Waals surface area contributed by atoms with Crippen molar-refractivity contribution >= 4 is 39.2 Å². The number of non-ortho nitro benzene ring substituents is 1. The van der Waals surface area contributed by atoms with Gasteiger partial charge in [0.1, 0.15) is 11.5 Å². The number of nitro groups is 1. The van der Waals surface area contributed by atoms with Gasteiger partial charge in [-0.15, -0.1) is 0 Å². The molecule has 43 heavy (non-hydrogen) atoms. The molecule has 0 amide bonds. The topological polar surface area (TPSA) is 95.7 Å². The number of hydrogen-bond donors (Lipinski definition) is 0. The molecule has 7 nitrogen and oxygen atoms in total. The molecule has 5 aromatic carbocycles. The standard InChI is InChI=1S/C36H25NO6/c1-16(38)42-35-31-27-14-28(24-11-19-6-4-3-5-18(19)10-23(24)27)32(31)36(43-17(2)39)34-30-15-29(33(34)35)25-12-20-7-8-22(37(40)41)9-21(20)13-26(25)30/h3-13,27-30H,14-15H2,1-2H3/t27-,28+,29+,30-/m0/s1. The average Bonchev–Trinajstić information content (AvgIpc) is 3.74. The van der Waals surface area contributed by atoms with Gasteiger partial charge in [0.2, 0.25) is 0 Å². The van der Waals surface area contributed by atoms with E-state index in [-0.39, 0.29) is 46.2 Å². The van der Waals surface area contributed by atoms with Gasteiger partial charge in [-0.3, -0.25) is 19.7 Å². The highest BCUT2D eigenvalue weighted by atomic mass is 16.6. The van der Waals surface area contributed by atoms with Crippen molar-refractivity contribution < 1.29 is 24.0 Å². The van der Waals surface area contributed by atoms with Gasteiger partial charge >= 0.3 is 11.9 Å². The Balaban J connectivity index is 1.31. The lowest BCUT2D eigenvalue weighted by molar-refractivity contribution is -0.384. The van der Waals surface area contributed by atoms with E-state index in [0.29, 0.717) is 11.5 Å². The molecule has 5 aromatic rings. The summed E-state index contributed by atoms with van der Waals surface area (Å²) in [5, 5.41) is 15.6. The first-order valence-corrected chi connectivity index (χ1v) is 14.6. The molecule has 4 aliphatic carbocycles. The molecule has 4 aliphatic rings. The van der Waals surface area contributed by atoms with Crippen LogP contribution in [0.2, 0.25) is 0 Å². The van der Waals surface area contributed by atoms with E-state index >= 15 is 0 Å². The second-order valence-electron chi connectivity index (χ2n) is 12.3. The summed E-state index contributed by atoms with van der Waals surface area (Å²) in [6, 6.07) is 22.0. The van der Waals surface area contributed by atoms with Crippen molar-refractivity contribution in [3.8, 4) is 11.5 Å². The van der Waals surface area contributed by atoms with E-state index in [1.165, 1.54) is 41.8 Å². The normalized spacial score (nSPS) is 21.4. The quantitative estimate of drug-likeness (QED) is 0.0959. The van der Waals surface area contributed by atoms with Gasteiger partial charge in [-0.25, -0.2) is 0 Å². The van der Waals surface area contributed by atoms with E-state index in [1.807, 2.05) is 12.1 Å². The second-order valence-corrected chi connectivity index (χ2v) is 12.3. The monoisotopic (exact) mass is 567 g/mol. The minimum absolute atomic E-state index is 0.0198. The largest absolute Gasteiger partial charge is 0.426 e. The van der Waals surface area contributed by atoms with Crippen molar-refractivity contribution in [2.75, 3.05) is 0 Å². The smallest absolute Gasteiger partial charge is 0.308 e.